The summed E-state index contributed by atoms with van der Waals surface area (Å²) < 4.78 is 19.7. The van der Waals surface area contributed by atoms with E-state index >= 15 is 0 Å². The van der Waals surface area contributed by atoms with Gasteiger partial charge in [0.1, 0.15) is 5.75 Å². The van der Waals surface area contributed by atoms with Gasteiger partial charge in [0.05, 0.1) is 33.6 Å². The first-order valence-electron chi connectivity index (χ1n) is 13.3. The largest absolute Gasteiger partial charge is 0.497 e. The molecule has 0 N–H and O–H groups in total. The van der Waals surface area contributed by atoms with Gasteiger partial charge in [-0.05, 0) is 95.0 Å². The SMILES string of the molecule is CCOc1cc(/C=c2/sc3n(c2=O)[C@H](c2ccc(OC)cc2)C2=C(N=3)c3ccccc3CC2)cc(I)c1OC(C)=O. The number of methoxy groups -OCH3 is 1. The van der Waals surface area contributed by atoms with Crippen LogP contribution in [0.25, 0.3) is 11.8 Å². The van der Waals surface area contributed by atoms with Crippen molar-refractivity contribution in [1.82, 2.24) is 4.57 Å². The minimum atomic E-state index is -0.422. The lowest BCUT2D eigenvalue weighted by atomic mass is 9.83. The molecule has 0 radical (unpaired) electrons. The summed E-state index contributed by atoms with van der Waals surface area (Å²) in [4.78, 5) is 31.5. The molecule has 208 valence electrons. The van der Waals surface area contributed by atoms with E-state index in [0.717, 1.165) is 46.6 Å². The lowest BCUT2D eigenvalue weighted by Gasteiger charge is -2.30. The van der Waals surface area contributed by atoms with Gasteiger partial charge in [-0.25, -0.2) is 4.99 Å². The van der Waals surface area contributed by atoms with E-state index in [1.807, 2.05) is 54.0 Å². The number of esters is 1. The molecular formula is C32H27IN2O5S. The van der Waals surface area contributed by atoms with Gasteiger partial charge in [-0.15, -0.1) is 0 Å². The molecule has 0 saturated heterocycles. The quantitative estimate of drug-likeness (QED) is 0.158. The lowest BCUT2D eigenvalue weighted by molar-refractivity contribution is -0.132. The van der Waals surface area contributed by atoms with Crippen LogP contribution in [-0.2, 0) is 11.2 Å². The zero-order chi connectivity index (χ0) is 28.7. The molecule has 1 aliphatic heterocycles. The second kappa shape index (κ2) is 11.3. The van der Waals surface area contributed by atoms with E-state index in [-0.39, 0.29) is 11.6 Å². The Kier molecular flexibility index (Phi) is 7.56. The van der Waals surface area contributed by atoms with Crippen LogP contribution in [0.5, 0.6) is 17.2 Å². The summed E-state index contributed by atoms with van der Waals surface area (Å²) in [6.45, 7) is 3.64. The number of hydrogen-bond acceptors (Lipinski definition) is 7. The van der Waals surface area contributed by atoms with E-state index in [2.05, 4.69) is 40.8 Å². The number of halogens is 1. The fraction of sp³-hybridized carbons (Fsp3) is 0.219. The maximum absolute atomic E-state index is 14.1. The van der Waals surface area contributed by atoms with Crippen molar-refractivity contribution < 1.29 is 19.0 Å². The number of fused-ring (bicyclic) bond motifs is 3. The van der Waals surface area contributed by atoms with Crippen LogP contribution in [0.4, 0.5) is 0 Å². The molecule has 9 heteroatoms. The van der Waals surface area contributed by atoms with Gasteiger partial charge in [-0.1, -0.05) is 47.7 Å². The summed E-state index contributed by atoms with van der Waals surface area (Å²) in [7, 11) is 1.65. The standard InChI is InChI=1S/C32H27IN2O5S/c1-4-39-26-16-19(15-25(33)30(26)40-18(2)36)17-27-31(37)35-29(21-9-12-22(38-3)13-10-21)24-14-11-20-7-5-6-8-23(20)28(24)34-32(35)41-27/h5-10,12-13,15-17,29H,4,11,14H2,1-3H3/b27-17+/t29-/m1/s1. The van der Waals surface area contributed by atoms with Gasteiger partial charge in [0.25, 0.3) is 5.56 Å². The Morgan fingerprint density at radius 3 is 2.66 bits per heavy atom. The molecule has 3 aromatic carbocycles. The van der Waals surface area contributed by atoms with Crippen molar-refractivity contribution in [3.05, 3.63) is 112 Å². The normalized spacial score (nSPS) is 15.9. The van der Waals surface area contributed by atoms with Crippen molar-refractivity contribution in [3.8, 4) is 17.2 Å². The highest BCUT2D eigenvalue weighted by atomic mass is 127. The maximum Gasteiger partial charge on any atom is 0.308 e. The van der Waals surface area contributed by atoms with E-state index in [4.69, 9.17) is 19.2 Å². The summed E-state index contributed by atoms with van der Waals surface area (Å²) in [6.07, 6.45) is 3.58. The number of aromatic nitrogens is 1. The number of hydrogen-bond donors (Lipinski definition) is 0. The molecule has 1 aliphatic carbocycles. The van der Waals surface area contributed by atoms with Crippen molar-refractivity contribution in [3.63, 3.8) is 0 Å². The van der Waals surface area contributed by atoms with Crippen LogP contribution >= 0.6 is 33.9 Å². The first-order valence-corrected chi connectivity index (χ1v) is 15.2. The lowest BCUT2D eigenvalue weighted by Crippen LogP contribution is -2.38. The van der Waals surface area contributed by atoms with Crippen LogP contribution in [-0.4, -0.2) is 24.3 Å². The summed E-state index contributed by atoms with van der Waals surface area (Å²) >= 11 is 3.49. The average Bonchev–Trinajstić information content (AvgIpc) is 3.28. The van der Waals surface area contributed by atoms with Crippen molar-refractivity contribution in [1.29, 1.82) is 0 Å². The van der Waals surface area contributed by atoms with Crippen molar-refractivity contribution in [2.24, 2.45) is 4.99 Å². The Hall–Kier alpha value is -3.70. The molecule has 0 bridgehead atoms. The highest BCUT2D eigenvalue weighted by molar-refractivity contribution is 14.1. The summed E-state index contributed by atoms with van der Waals surface area (Å²) in [6, 6.07) is 19.7. The molecule has 1 atom stereocenters. The van der Waals surface area contributed by atoms with Crippen molar-refractivity contribution in [2.45, 2.75) is 32.7 Å². The molecule has 2 aliphatic rings. The monoisotopic (exact) mass is 678 g/mol. The topological polar surface area (TPSA) is 79.1 Å². The van der Waals surface area contributed by atoms with E-state index in [1.54, 1.807) is 13.2 Å². The number of carbonyl (C=O) groups excluding carboxylic acids is 1. The molecule has 0 unspecified atom stereocenters. The number of rotatable bonds is 6. The Morgan fingerprint density at radius 1 is 1.15 bits per heavy atom. The minimum absolute atomic E-state index is 0.1000. The Bertz CT molecular complexity index is 1890. The number of aryl methyl sites for hydroxylation is 1. The number of ether oxygens (including phenoxy) is 3. The van der Waals surface area contributed by atoms with Gasteiger partial charge in [-0.3, -0.25) is 14.2 Å². The number of benzene rings is 3. The number of carbonyl (C=O) groups is 1. The van der Waals surface area contributed by atoms with Crippen LogP contribution < -0.4 is 29.1 Å². The zero-order valence-electron chi connectivity index (χ0n) is 22.8. The third-order valence-electron chi connectivity index (χ3n) is 7.18. The van der Waals surface area contributed by atoms with Gasteiger partial charge in [0, 0.05) is 12.5 Å². The molecule has 7 nitrogen and oxygen atoms in total. The molecule has 2 heterocycles. The highest BCUT2D eigenvalue weighted by Crippen LogP contribution is 2.41. The van der Waals surface area contributed by atoms with Crippen LogP contribution in [0.2, 0.25) is 0 Å². The van der Waals surface area contributed by atoms with E-state index in [0.29, 0.717) is 31.0 Å². The molecule has 6 rings (SSSR count). The highest BCUT2D eigenvalue weighted by Gasteiger charge is 2.32. The van der Waals surface area contributed by atoms with E-state index < -0.39 is 5.97 Å². The fourth-order valence-corrected chi connectivity index (χ4v) is 7.17. The third-order valence-corrected chi connectivity index (χ3v) is 8.96. The van der Waals surface area contributed by atoms with E-state index in [1.165, 1.54) is 23.8 Å². The van der Waals surface area contributed by atoms with Gasteiger partial charge >= 0.3 is 5.97 Å². The Labute approximate surface area is 254 Å². The predicted molar refractivity (Wildman–Crippen MR) is 167 cm³/mol. The first kappa shape index (κ1) is 27.5. The fourth-order valence-electron chi connectivity index (χ4n) is 5.44. The third kappa shape index (κ3) is 5.12. The van der Waals surface area contributed by atoms with Crippen LogP contribution in [0, 0.1) is 3.57 Å². The van der Waals surface area contributed by atoms with Crippen molar-refractivity contribution >= 4 is 51.7 Å². The molecule has 0 saturated carbocycles. The van der Waals surface area contributed by atoms with Crippen LogP contribution in [0.1, 0.15) is 48.6 Å². The number of thiazole rings is 1. The number of nitrogens with zero attached hydrogens (tertiary/aromatic N) is 2. The smallest absolute Gasteiger partial charge is 0.308 e. The van der Waals surface area contributed by atoms with Gasteiger partial charge < -0.3 is 14.2 Å². The second-order valence-corrected chi connectivity index (χ2v) is 11.9. The second-order valence-electron chi connectivity index (χ2n) is 9.74. The zero-order valence-corrected chi connectivity index (χ0v) is 25.7. The molecule has 41 heavy (non-hydrogen) atoms. The molecule has 0 spiro atoms. The van der Waals surface area contributed by atoms with Crippen LogP contribution in [0.15, 0.2) is 76.0 Å². The van der Waals surface area contributed by atoms with Gasteiger partial charge in [-0.2, -0.15) is 0 Å². The predicted octanol–water partition coefficient (Wildman–Crippen LogP) is 5.26. The Balaban J connectivity index is 1.55. The molecule has 0 amide bonds. The summed E-state index contributed by atoms with van der Waals surface area (Å²) in [5.41, 5.74) is 6.19. The average molecular weight is 679 g/mol. The minimum Gasteiger partial charge on any atom is -0.497 e. The van der Waals surface area contributed by atoms with Crippen molar-refractivity contribution in [2.75, 3.05) is 13.7 Å². The van der Waals surface area contributed by atoms with Gasteiger partial charge in [0.2, 0.25) is 0 Å². The van der Waals surface area contributed by atoms with E-state index in [9.17, 15) is 9.59 Å². The van der Waals surface area contributed by atoms with Gasteiger partial charge in [0.15, 0.2) is 16.3 Å². The molecule has 1 aromatic heterocycles. The van der Waals surface area contributed by atoms with Crippen LogP contribution in [0.3, 0.4) is 0 Å². The molecule has 0 fully saturated rings. The Morgan fingerprint density at radius 2 is 1.93 bits per heavy atom. The molecule has 4 aromatic rings. The first-order chi connectivity index (χ1) is 19.9. The molecular weight excluding hydrogens is 651 g/mol. The summed E-state index contributed by atoms with van der Waals surface area (Å²) in [5, 5.41) is 0. The number of allylic oxidation sites excluding steroid dienone is 1. The maximum atomic E-state index is 14.1. The summed E-state index contributed by atoms with van der Waals surface area (Å²) in [5.74, 6) is 1.18.